The predicted octanol–water partition coefficient (Wildman–Crippen LogP) is 3.37. The van der Waals surface area contributed by atoms with Gasteiger partial charge < -0.3 is 19.4 Å². The summed E-state index contributed by atoms with van der Waals surface area (Å²) in [6.07, 6.45) is -3.55. The number of hydrogen-bond donors (Lipinski definition) is 1. The lowest BCUT2D eigenvalue weighted by molar-refractivity contribution is -0.137. The Kier molecular flexibility index (Phi) is 6.94. The normalized spacial score (nSPS) is 22.2. The van der Waals surface area contributed by atoms with Crippen molar-refractivity contribution in [3.05, 3.63) is 47.1 Å². The fourth-order valence-electron chi connectivity index (χ4n) is 4.21. The van der Waals surface area contributed by atoms with Gasteiger partial charge in [0.2, 0.25) is 5.89 Å². The van der Waals surface area contributed by atoms with Crippen LogP contribution in [0.3, 0.4) is 0 Å². The quantitative estimate of drug-likeness (QED) is 0.738. The van der Waals surface area contributed by atoms with Crippen LogP contribution >= 0.6 is 11.8 Å². The number of aromatic nitrogens is 2. The van der Waals surface area contributed by atoms with E-state index in [0.29, 0.717) is 44.3 Å². The molecule has 2 unspecified atom stereocenters. The number of carbonyl (C=O) groups is 1. The van der Waals surface area contributed by atoms with Gasteiger partial charge in [-0.3, -0.25) is 0 Å². The molecule has 0 saturated carbocycles. The van der Waals surface area contributed by atoms with E-state index in [1.807, 2.05) is 16.7 Å². The molecule has 2 atom stereocenters. The van der Waals surface area contributed by atoms with Gasteiger partial charge in [-0.2, -0.15) is 29.9 Å². The summed E-state index contributed by atoms with van der Waals surface area (Å²) in [4.78, 5) is 21.1. The Morgan fingerprint density at radius 1 is 1.12 bits per heavy atom. The van der Waals surface area contributed by atoms with Crippen molar-refractivity contribution in [1.29, 1.82) is 0 Å². The fraction of sp³-hybridized carbons (Fsp3) is 0.571. The van der Waals surface area contributed by atoms with E-state index in [1.165, 1.54) is 12.1 Å². The largest absolute Gasteiger partial charge is 0.416 e. The molecule has 0 radical (unpaired) electrons. The van der Waals surface area contributed by atoms with E-state index in [9.17, 15) is 18.0 Å². The number of amides is 2. The first-order valence-corrected chi connectivity index (χ1v) is 11.7. The smallest absolute Gasteiger partial charge is 0.396 e. The summed E-state index contributed by atoms with van der Waals surface area (Å²) >= 11 is 1.81. The molecule has 2 aliphatic rings. The lowest BCUT2D eigenvalue weighted by Gasteiger charge is -2.40. The molecule has 3 heterocycles. The van der Waals surface area contributed by atoms with Gasteiger partial charge in [-0.1, -0.05) is 17.3 Å². The highest BCUT2D eigenvalue weighted by Crippen LogP contribution is 2.37. The SMILES string of the molecule is O=C(N1CCSCC1)N1CC(c2ccc(C(F)(F)F)cc2)CC(c2nc(CCO)no2)C1. The number of benzene rings is 1. The molecule has 1 aromatic carbocycles. The maximum atomic E-state index is 13.2. The summed E-state index contributed by atoms with van der Waals surface area (Å²) in [5.41, 5.74) is 0.0442. The monoisotopic (exact) mass is 470 g/mol. The van der Waals surface area contributed by atoms with E-state index in [4.69, 9.17) is 9.63 Å². The van der Waals surface area contributed by atoms with Crippen molar-refractivity contribution in [3.8, 4) is 0 Å². The standard InChI is InChI=1S/C21H25F3N4O3S/c22-21(23,24)17-3-1-14(2-4-17)15-11-16(19-25-18(5-8-29)26-31-19)13-28(12-15)20(30)27-6-9-32-10-7-27/h1-4,15-16,29H,5-13H2. The Morgan fingerprint density at radius 2 is 1.81 bits per heavy atom. The number of rotatable bonds is 4. The minimum absolute atomic E-state index is 0.0676. The fourth-order valence-corrected chi connectivity index (χ4v) is 5.11. The molecular formula is C21H25F3N4O3S. The molecule has 2 amide bonds. The van der Waals surface area contributed by atoms with E-state index in [1.54, 1.807) is 4.90 Å². The van der Waals surface area contributed by atoms with Crippen molar-refractivity contribution < 1.29 is 27.6 Å². The summed E-state index contributed by atoms with van der Waals surface area (Å²) in [6.45, 7) is 2.07. The van der Waals surface area contributed by atoms with Crippen molar-refractivity contribution in [2.24, 2.45) is 0 Å². The Labute approximate surface area is 188 Å². The zero-order valence-corrected chi connectivity index (χ0v) is 18.2. The lowest BCUT2D eigenvalue weighted by Crippen LogP contribution is -2.51. The molecule has 11 heteroatoms. The summed E-state index contributed by atoms with van der Waals surface area (Å²) in [5, 5.41) is 13.0. The number of likely N-dealkylation sites (tertiary alicyclic amines) is 1. The molecule has 0 aliphatic carbocycles. The van der Waals surface area contributed by atoms with Gasteiger partial charge in [0.1, 0.15) is 0 Å². The number of aliphatic hydroxyl groups is 1. The molecule has 4 rings (SSSR count). The zero-order valence-electron chi connectivity index (χ0n) is 17.4. The van der Waals surface area contributed by atoms with Crippen LogP contribution in [0.4, 0.5) is 18.0 Å². The van der Waals surface area contributed by atoms with E-state index >= 15 is 0 Å². The van der Waals surface area contributed by atoms with Gasteiger partial charge in [0.15, 0.2) is 5.82 Å². The minimum Gasteiger partial charge on any atom is -0.396 e. The average molecular weight is 471 g/mol. The van der Waals surface area contributed by atoms with Crippen LogP contribution in [0.25, 0.3) is 0 Å². The molecule has 7 nitrogen and oxygen atoms in total. The van der Waals surface area contributed by atoms with Crippen LogP contribution in [0.1, 0.15) is 41.1 Å². The number of urea groups is 1. The highest BCUT2D eigenvalue weighted by atomic mass is 32.2. The molecule has 0 bridgehead atoms. The van der Waals surface area contributed by atoms with E-state index in [0.717, 1.165) is 29.2 Å². The van der Waals surface area contributed by atoms with Crippen LogP contribution in [0.2, 0.25) is 0 Å². The molecule has 1 aromatic heterocycles. The number of nitrogens with zero attached hydrogens (tertiary/aromatic N) is 4. The van der Waals surface area contributed by atoms with Gasteiger partial charge in [-0.25, -0.2) is 4.79 Å². The molecule has 174 valence electrons. The van der Waals surface area contributed by atoms with Crippen molar-refractivity contribution in [2.45, 2.75) is 30.9 Å². The number of halogens is 3. The summed E-state index contributed by atoms with van der Waals surface area (Å²) < 4.78 is 44.3. The first-order valence-electron chi connectivity index (χ1n) is 10.6. The van der Waals surface area contributed by atoms with E-state index in [-0.39, 0.29) is 30.9 Å². The molecule has 32 heavy (non-hydrogen) atoms. The van der Waals surface area contributed by atoms with Crippen LogP contribution in [0.15, 0.2) is 28.8 Å². The number of thioether (sulfide) groups is 1. The van der Waals surface area contributed by atoms with Crippen molar-refractivity contribution >= 4 is 17.8 Å². The predicted molar refractivity (Wildman–Crippen MR) is 112 cm³/mol. The van der Waals surface area contributed by atoms with E-state index < -0.39 is 11.7 Å². The Morgan fingerprint density at radius 3 is 2.47 bits per heavy atom. The van der Waals surface area contributed by atoms with E-state index in [2.05, 4.69) is 10.1 Å². The van der Waals surface area contributed by atoms with Crippen LogP contribution in [0.5, 0.6) is 0 Å². The van der Waals surface area contributed by atoms with Crippen LogP contribution in [-0.2, 0) is 12.6 Å². The Hall–Kier alpha value is -2.27. The van der Waals surface area contributed by atoms with Crippen LogP contribution < -0.4 is 0 Å². The average Bonchev–Trinajstić information content (AvgIpc) is 3.27. The molecule has 0 spiro atoms. The summed E-state index contributed by atoms with van der Waals surface area (Å²) in [5.74, 6) is 2.16. The second-order valence-electron chi connectivity index (χ2n) is 8.06. The molecule has 2 fully saturated rings. The molecule has 2 aromatic rings. The Balaban J connectivity index is 1.57. The highest BCUT2D eigenvalue weighted by Gasteiger charge is 2.37. The number of carbonyl (C=O) groups excluding carboxylic acids is 1. The topological polar surface area (TPSA) is 82.7 Å². The molecular weight excluding hydrogens is 445 g/mol. The first-order chi connectivity index (χ1) is 15.3. The summed E-state index contributed by atoms with van der Waals surface area (Å²) in [6, 6.07) is 5.07. The second-order valence-corrected chi connectivity index (χ2v) is 9.28. The Bertz CT molecular complexity index is 916. The number of aliphatic hydroxyl groups excluding tert-OH is 1. The number of piperidine rings is 1. The van der Waals surface area contributed by atoms with Crippen LogP contribution in [0, 0.1) is 0 Å². The first kappa shape index (κ1) is 22.9. The highest BCUT2D eigenvalue weighted by molar-refractivity contribution is 7.99. The maximum Gasteiger partial charge on any atom is 0.416 e. The van der Waals surface area contributed by atoms with Crippen molar-refractivity contribution in [3.63, 3.8) is 0 Å². The summed E-state index contributed by atoms with van der Waals surface area (Å²) in [7, 11) is 0. The third-order valence-electron chi connectivity index (χ3n) is 5.88. The van der Waals surface area contributed by atoms with Gasteiger partial charge in [0.25, 0.3) is 0 Å². The van der Waals surface area contributed by atoms with Gasteiger partial charge in [0.05, 0.1) is 18.1 Å². The third-order valence-corrected chi connectivity index (χ3v) is 6.82. The number of alkyl halides is 3. The molecule has 1 N–H and O–H groups in total. The molecule has 2 aliphatic heterocycles. The second kappa shape index (κ2) is 9.70. The van der Waals surface area contributed by atoms with Gasteiger partial charge >= 0.3 is 12.2 Å². The van der Waals surface area contributed by atoms with Crippen molar-refractivity contribution in [2.75, 3.05) is 44.3 Å². The lowest BCUT2D eigenvalue weighted by atomic mass is 9.84. The van der Waals surface area contributed by atoms with Crippen molar-refractivity contribution in [1.82, 2.24) is 19.9 Å². The van der Waals surface area contributed by atoms with Gasteiger partial charge in [0, 0.05) is 50.0 Å². The van der Waals surface area contributed by atoms with Gasteiger partial charge in [-0.15, -0.1) is 0 Å². The van der Waals surface area contributed by atoms with Crippen LogP contribution in [-0.4, -0.2) is 75.4 Å². The number of hydrogen-bond acceptors (Lipinski definition) is 6. The maximum absolute atomic E-state index is 13.2. The molecule has 2 saturated heterocycles. The zero-order chi connectivity index (χ0) is 22.7. The minimum atomic E-state index is -4.39. The van der Waals surface area contributed by atoms with Gasteiger partial charge in [-0.05, 0) is 24.1 Å². The third kappa shape index (κ3) is 5.20.